The summed E-state index contributed by atoms with van der Waals surface area (Å²) in [7, 11) is 2.91. The van der Waals surface area contributed by atoms with Gasteiger partial charge in [0.1, 0.15) is 31.0 Å². The van der Waals surface area contributed by atoms with Crippen molar-refractivity contribution in [2.75, 3.05) is 34.2 Å². The molecule has 3 fully saturated rings. The zero-order valence-corrected chi connectivity index (χ0v) is 36.6. The summed E-state index contributed by atoms with van der Waals surface area (Å²) in [6, 6.07) is 36.2. The maximum Gasteiger partial charge on any atom is 0.514 e. The van der Waals surface area contributed by atoms with Gasteiger partial charge in [-0.15, -0.1) is 0 Å². The van der Waals surface area contributed by atoms with Crippen LogP contribution in [0.3, 0.4) is 0 Å². The molecule has 0 aromatic heterocycles. The van der Waals surface area contributed by atoms with Gasteiger partial charge in [-0.25, -0.2) is 4.79 Å². The van der Waals surface area contributed by atoms with Crippen molar-refractivity contribution in [3.63, 3.8) is 0 Å². The molecule has 15 nitrogen and oxygen atoms in total. The molecule has 5 aromatic carbocycles. The average Bonchev–Trinajstić information content (AvgIpc) is 3.98. The summed E-state index contributed by atoms with van der Waals surface area (Å²) in [5.74, 6) is -0.961. The standard InChI is InChI=1S/C51H50O15/c1-29-56-27-41-46(63-29)47(57-23-30-13-7-4-8-14-30)48(58-24-31-15-9-5-10-16-31)50(64-41)65-44-35-22-38-37(61-28-62-38)21-34(35)42(43-36(44)26-59-49(43)52)33-19-39(54-2)45(40(20-33)55-3)66-51(53)60-25-32-17-11-6-12-18-32/h4-22,29,36,41-44,46-48,50H,23-28H2,1-3H3/t29-,36+,41-,42-,43+,44-,46-,47+,48-,50+/m1/s1. The lowest BCUT2D eigenvalue weighted by Crippen LogP contribution is -2.64. The van der Waals surface area contributed by atoms with Crippen LogP contribution in [0.25, 0.3) is 0 Å². The smallest absolute Gasteiger partial charge is 0.493 e. The molecule has 4 heterocycles. The van der Waals surface area contributed by atoms with Gasteiger partial charge in [-0.1, -0.05) is 91.0 Å². The molecule has 0 radical (unpaired) electrons. The van der Waals surface area contributed by atoms with Crippen molar-refractivity contribution in [1.29, 1.82) is 0 Å². The molecule has 0 spiro atoms. The molecular formula is C51H50O15. The fourth-order valence-electron chi connectivity index (χ4n) is 9.52. The van der Waals surface area contributed by atoms with E-state index in [1.807, 2.05) is 110 Å². The summed E-state index contributed by atoms with van der Waals surface area (Å²) in [5, 5.41) is 0. The average molecular weight is 903 g/mol. The second-order valence-electron chi connectivity index (χ2n) is 16.6. The number of hydrogen-bond acceptors (Lipinski definition) is 15. The molecule has 0 saturated carbocycles. The van der Waals surface area contributed by atoms with E-state index in [1.54, 1.807) is 12.1 Å². The first-order valence-corrected chi connectivity index (χ1v) is 22.0. The predicted molar refractivity (Wildman–Crippen MR) is 232 cm³/mol. The van der Waals surface area contributed by atoms with E-state index in [0.29, 0.717) is 17.1 Å². The molecule has 0 amide bonds. The van der Waals surface area contributed by atoms with Crippen LogP contribution in [-0.2, 0) is 62.5 Å². The third-order valence-corrected chi connectivity index (χ3v) is 12.6. The second kappa shape index (κ2) is 19.3. The van der Waals surface area contributed by atoms with Gasteiger partial charge in [-0.2, -0.15) is 0 Å². The second-order valence-corrected chi connectivity index (χ2v) is 16.6. The van der Waals surface area contributed by atoms with Gasteiger partial charge >= 0.3 is 12.1 Å². The van der Waals surface area contributed by atoms with Crippen molar-refractivity contribution >= 4 is 12.1 Å². The fourth-order valence-corrected chi connectivity index (χ4v) is 9.52. The normalized spacial score (nSPS) is 27.2. The number of carbonyl (C=O) groups excluding carboxylic acids is 2. The number of ether oxygens (including phenoxy) is 13. The van der Waals surface area contributed by atoms with Crippen molar-refractivity contribution in [3.05, 3.63) is 149 Å². The number of rotatable bonds is 14. The predicted octanol–water partition coefficient (Wildman–Crippen LogP) is 7.80. The van der Waals surface area contributed by atoms with Crippen LogP contribution in [0.2, 0.25) is 0 Å². The lowest BCUT2D eigenvalue weighted by atomic mass is 9.66. The summed E-state index contributed by atoms with van der Waals surface area (Å²) in [5.41, 5.74) is 4.78. The highest BCUT2D eigenvalue weighted by molar-refractivity contribution is 5.79. The largest absolute Gasteiger partial charge is 0.514 e. The summed E-state index contributed by atoms with van der Waals surface area (Å²) < 4.78 is 80.6. The molecule has 0 N–H and O–H groups in total. The van der Waals surface area contributed by atoms with Gasteiger partial charge in [0.05, 0.1) is 52.7 Å². The van der Waals surface area contributed by atoms with Gasteiger partial charge in [-0.05, 0) is 64.6 Å². The molecule has 10 atom stereocenters. The summed E-state index contributed by atoms with van der Waals surface area (Å²) in [6.07, 6.45) is -5.88. The summed E-state index contributed by atoms with van der Waals surface area (Å²) in [6.45, 7) is 2.64. The van der Waals surface area contributed by atoms with Crippen molar-refractivity contribution in [2.24, 2.45) is 11.8 Å². The number of fused-ring (bicyclic) bond motifs is 4. The minimum absolute atomic E-state index is 0.000925. The van der Waals surface area contributed by atoms with Crippen LogP contribution in [0.1, 0.15) is 52.3 Å². The van der Waals surface area contributed by atoms with Gasteiger partial charge in [-0.3, -0.25) is 4.79 Å². The van der Waals surface area contributed by atoms with Crippen molar-refractivity contribution < 1.29 is 71.2 Å². The first-order valence-electron chi connectivity index (χ1n) is 22.0. The van der Waals surface area contributed by atoms with E-state index in [4.69, 9.17) is 61.6 Å². The van der Waals surface area contributed by atoms with E-state index in [1.165, 1.54) is 14.2 Å². The van der Waals surface area contributed by atoms with E-state index in [2.05, 4.69) is 0 Å². The fraction of sp³-hybridized carbons (Fsp3) is 0.373. The van der Waals surface area contributed by atoms with Crippen LogP contribution in [-0.4, -0.2) is 83.3 Å². The Hall–Kier alpha value is -6.20. The van der Waals surface area contributed by atoms with Crippen LogP contribution < -0.4 is 23.7 Å². The van der Waals surface area contributed by atoms with E-state index in [9.17, 15) is 9.59 Å². The number of cyclic esters (lactones) is 1. The maximum atomic E-state index is 14.2. The molecule has 66 heavy (non-hydrogen) atoms. The third kappa shape index (κ3) is 8.89. The minimum atomic E-state index is -1.04. The Balaban J connectivity index is 1.01. The highest BCUT2D eigenvalue weighted by Crippen LogP contribution is 2.57. The monoisotopic (exact) mass is 902 g/mol. The molecule has 5 aromatic rings. The SMILES string of the molecule is COc1cc([C@@H]2c3cc4c(cc3[C@@H](O[C@@H]3O[C@@H]5CO[C@@H](C)O[C@H]5[C@H](OCc5ccccc5)[C@H]3OCc3ccccc3)[C@H]3COC(=O)[C@H]23)OCO4)cc(OC)c1OC(=O)OCc1ccccc1. The van der Waals surface area contributed by atoms with E-state index in [-0.39, 0.29) is 57.1 Å². The van der Waals surface area contributed by atoms with Gasteiger partial charge in [0.25, 0.3) is 0 Å². The molecule has 15 heteroatoms. The molecule has 1 aliphatic carbocycles. The van der Waals surface area contributed by atoms with Crippen LogP contribution in [0.15, 0.2) is 115 Å². The first kappa shape index (κ1) is 43.7. The van der Waals surface area contributed by atoms with E-state index >= 15 is 0 Å². The topological polar surface area (TPSA) is 154 Å². The Morgan fingerprint density at radius 2 is 1.27 bits per heavy atom. The molecule has 0 unspecified atom stereocenters. The number of hydrogen-bond donors (Lipinski definition) is 0. The highest BCUT2D eigenvalue weighted by atomic mass is 16.8. The molecular weight excluding hydrogens is 853 g/mol. The van der Waals surface area contributed by atoms with Gasteiger partial charge in [0.15, 0.2) is 35.6 Å². The summed E-state index contributed by atoms with van der Waals surface area (Å²) >= 11 is 0. The molecule has 0 bridgehead atoms. The van der Waals surface area contributed by atoms with Crippen molar-refractivity contribution in [2.45, 2.75) is 75.8 Å². The van der Waals surface area contributed by atoms with Crippen molar-refractivity contribution in [3.8, 4) is 28.7 Å². The number of esters is 1. The zero-order valence-electron chi connectivity index (χ0n) is 36.6. The van der Waals surface area contributed by atoms with Crippen LogP contribution in [0, 0.1) is 11.8 Å². The number of benzene rings is 5. The number of carbonyl (C=O) groups is 2. The molecule has 3 saturated heterocycles. The van der Waals surface area contributed by atoms with Gasteiger partial charge in [0.2, 0.25) is 12.5 Å². The zero-order chi connectivity index (χ0) is 45.1. The molecule has 4 aliphatic heterocycles. The molecule has 10 rings (SSSR count). The minimum Gasteiger partial charge on any atom is -0.493 e. The Morgan fingerprint density at radius 3 is 1.89 bits per heavy atom. The van der Waals surface area contributed by atoms with Crippen LogP contribution in [0.5, 0.6) is 28.7 Å². The Morgan fingerprint density at radius 1 is 0.682 bits per heavy atom. The van der Waals surface area contributed by atoms with Crippen LogP contribution in [0.4, 0.5) is 4.79 Å². The lowest BCUT2D eigenvalue weighted by Gasteiger charge is -2.50. The highest BCUT2D eigenvalue weighted by Gasteiger charge is 2.57. The molecule has 5 aliphatic rings. The first-order chi connectivity index (χ1) is 32.3. The number of methoxy groups -OCH3 is 2. The van der Waals surface area contributed by atoms with Crippen LogP contribution >= 0.6 is 0 Å². The quantitative estimate of drug-likeness (QED) is 0.0786. The van der Waals surface area contributed by atoms with Gasteiger partial charge < -0.3 is 61.6 Å². The Bertz CT molecular complexity index is 2460. The maximum absolute atomic E-state index is 14.2. The lowest BCUT2D eigenvalue weighted by molar-refractivity contribution is -0.375. The third-order valence-electron chi connectivity index (χ3n) is 12.6. The van der Waals surface area contributed by atoms with E-state index < -0.39 is 73.0 Å². The molecule has 344 valence electrons. The van der Waals surface area contributed by atoms with Gasteiger partial charge in [0, 0.05) is 11.8 Å². The van der Waals surface area contributed by atoms with Crippen molar-refractivity contribution in [1.82, 2.24) is 0 Å². The Kier molecular flexibility index (Phi) is 12.8. The van der Waals surface area contributed by atoms with E-state index in [0.717, 1.165) is 27.8 Å². The summed E-state index contributed by atoms with van der Waals surface area (Å²) in [4.78, 5) is 27.2. The Labute approximate surface area is 381 Å².